The van der Waals surface area contributed by atoms with Gasteiger partial charge in [-0.05, 0) is 50.3 Å². The van der Waals surface area contributed by atoms with E-state index in [0.717, 1.165) is 49.0 Å². The summed E-state index contributed by atoms with van der Waals surface area (Å²) in [4.78, 5) is 18.1. The number of hydrogen-bond acceptors (Lipinski definition) is 4. The fraction of sp³-hybridized carbons (Fsp3) is 0.474. The Morgan fingerprint density at radius 1 is 1.35 bits per heavy atom. The molecule has 1 aromatic heterocycles. The fourth-order valence-electron chi connectivity index (χ4n) is 3.18. The van der Waals surface area contributed by atoms with Gasteiger partial charge in [0.05, 0.1) is 23.1 Å². The molecule has 1 aliphatic carbocycles. The summed E-state index contributed by atoms with van der Waals surface area (Å²) >= 11 is 6.26. The zero-order chi connectivity index (χ0) is 18.1. The quantitative estimate of drug-likeness (QED) is 0.805. The van der Waals surface area contributed by atoms with Crippen molar-refractivity contribution in [2.45, 2.75) is 51.2 Å². The summed E-state index contributed by atoms with van der Waals surface area (Å²) in [6.45, 7) is 2.63. The third-order valence-electron chi connectivity index (χ3n) is 4.84. The molecule has 2 fully saturated rings. The lowest BCUT2D eigenvalue weighted by Crippen LogP contribution is -2.33. The van der Waals surface area contributed by atoms with Gasteiger partial charge in [0.1, 0.15) is 0 Å². The fourth-order valence-corrected chi connectivity index (χ4v) is 3.35. The van der Waals surface area contributed by atoms with Gasteiger partial charge in [-0.1, -0.05) is 17.7 Å². The molecule has 1 unspecified atom stereocenters. The first-order valence-corrected chi connectivity index (χ1v) is 9.43. The van der Waals surface area contributed by atoms with Gasteiger partial charge in [0, 0.05) is 24.0 Å². The lowest BCUT2D eigenvalue weighted by molar-refractivity contribution is -0.186. The molecule has 1 saturated heterocycles. The minimum atomic E-state index is -0.372. The number of ether oxygens (including phenoxy) is 1. The molecule has 0 spiro atoms. The second kappa shape index (κ2) is 7.39. The molecule has 138 valence electrons. The number of hydroxylamine groups is 1. The Morgan fingerprint density at radius 2 is 2.19 bits per heavy atom. The highest BCUT2D eigenvalue weighted by Gasteiger charge is 2.33. The maximum absolute atomic E-state index is 12.6. The predicted octanol–water partition coefficient (Wildman–Crippen LogP) is 3.90. The Morgan fingerprint density at radius 3 is 2.88 bits per heavy atom. The second-order valence-electron chi connectivity index (χ2n) is 6.91. The van der Waals surface area contributed by atoms with Crippen LogP contribution >= 0.6 is 11.6 Å². The maximum Gasteiger partial charge on any atom is 0.278 e. The topological polar surface area (TPSA) is 65.4 Å². The molecule has 0 bridgehead atoms. The molecule has 7 heteroatoms. The van der Waals surface area contributed by atoms with Crippen LogP contribution in [0.5, 0.6) is 0 Å². The van der Waals surface area contributed by atoms with Gasteiger partial charge >= 0.3 is 0 Å². The van der Waals surface area contributed by atoms with E-state index in [4.69, 9.17) is 21.2 Å². The number of nitrogens with one attached hydrogen (secondary N) is 1. The van der Waals surface area contributed by atoms with Gasteiger partial charge in [0.15, 0.2) is 6.29 Å². The van der Waals surface area contributed by atoms with Crippen molar-refractivity contribution in [2.75, 3.05) is 6.61 Å². The van der Waals surface area contributed by atoms with E-state index in [9.17, 15) is 4.79 Å². The summed E-state index contributed by atoms with van der Waals surface area (Å²) in [7, 11) is 0. The molecule has 1 aliphatic heterocycles. The molecule has 2 aliphatic rings. The number of aromatic nitrogens is 2. The molecular weight excluding hydrogens is 354 g/mol. The molecule has 1 aromatic carbocycles. The maximum atomic E-state index is 12.6. The van der Waals surface area contributed by atoms with Gasteiger partial charge in [-0.25, -0.2) is 15.0 Å². The number of amides is 1. The van der Waals surface area contributed by atoms with Crippen molar-refractivity contribution in [3.05, 3.63) is 46.2 Å². The summed E-state index contributed by atoms with van der Waals surface area (Å²) < 4.78 is 7.30. The summed E-state index contributed by atoms with van der Waals surface area (Å²) in [5.74, 6) is 0.0507. The van der Waals surface area contributed by atoms with Gasteiger partial charge in [0.25, 0.3) is 5.91 Å². The number of carbonyl (C=O) groups is 1. The average molecular weight is 376 g/mol. The first kappa shape index (κ1) is 17.5. The summed E-state index contributed by atoms with van der Waals surface area (Å²) in [6.07, 6.45) is 6.20. The van der Waals surface area contributed by atoms with Crippen LogP contribution in [-0.2, 0) is 9.57 Å². The average Bonchev–Trinajstić information content (AvgIpc) is 3.41. The van der Waals surface area contributed by atoms with Gasteiger partial charge in [-0.15, -0.1) is 0 Å². The molecular formula is C19H22ClN3O3. The number of aryl methyl sites for hydroxylation is 1. The number of hydrogen-bond donors (Lipinski definition) is 1. The molecule has 1 saturated carbocycles. The lowest BCUT2D eigenvalue weighted by atomic mass is 10.1. The third kappa shape index (κ3) is 3.63. The van der Waals surface area contributed by atoms with Gasteiger partial charge in [-0.2, -0.15) is 5.10 Å². The SMILES string of the molecule is Cc1ccc(-n2ncc(C(=O)NOC3CCCCO3)c2C2CC2)cc1Cl. The molecule has 4 rings (SSSR count). The Labute approximate surface area is 157 Å². The van der Waals surface area contributed by atoms with Gasteiger partial charge in [-0.3, -0.25) is 4.79 Å². The summed E-state index contributed by atoms with van der Waals surface area (Å²) in [6, 6.07) is 5.80. The summed E-state index contributed by atoms with van der Waals surface area (Å²) in [5, 5.41) is 5.13. The molecule has 1 atom stereocenters. The highest BCUT2D eigenvalue weighted by molar-refractivity contribution is 6.31. The van der Waals surface area contributed by atoms with E-state index >= 15 is 0 Å². The zero-order valence-electron chi connectivity index (χ0n) is 14.7. The van der Waals surface area contributed by atoms with E-state index in [1.807, 2.05) is 29.8 Å². The lowest BCUT2D eigenvalue weighted by Gasteiger charge is -2.22. The van der Waals surface area contributed by atoms with Crippen LogP contribution in [0.3, 0.4) is 0 Å². The predicted molar refractivity (Wildman–Crippen MR) is 97.4 cm³/mol. The Hall–Kier alpha value is -1.89. The number of rotatable bonds is 5. The molecule has 0 radical (unpaired) electrons. The van der Waals surface area contributed by atoms with E-state index in [0.29, 0.717) is 23.1 Å². The Balaban J connectivity index is 1.55. The van der Waals surface area contributed by atoms with Crippen LogP contribution in [0.2, 0.25) is 5.02 Å². The Kier molecular flexibility index (Phi) is 4.98. The molecule has 2 aromatic rings. The van der Waals surface area contributed by atoms with Crippen LogP contribution in [0.1, 0.15) is 59.6 Å². The standard InChI is InChI=1S/C19H22ClN3O3/c1-12-5-8-14(10-16(12)20)23-18(13-6-7-13)15(11-21-23)19(24)22-26-17-4-2-3-9-25-17/h5,8,10-11,13,17H,2-4,6-7,9H2,1H3,(H,22,24). The Bertz CT molecular complexity index is 810. The van der Waals surface area contributed by atoms with Crippen molar-refractivity contribution in [2.24, 2.45) is 0 Å². The molecule has 26 heavy (non-hydrogen) atoms. The third-order valence-corrected chi connectivity index (χ3v) is 5.24. The smallest absolute Gasteiger partial charge is 0.278 e. The second-order valence-corrected chi connectivity index (χ2v) is 7.32. The molecule has 1 amide bonds. The van der Waals surface area contributed by atoms with E-state index in [1.165, 1.54) is 0 Å². The van der Waals surface area contributed by atoms with Crippen LogP contribution in [0.4, 0.5) is 0 Å². The van der Waals surface area contributed by atoms with Crippen molar-refractivity contribution in [3.63, 3.8) is 0 Å². The van der Waals surface area contributed by atoms with Crippen molar-refractivity contribution in [3.8, 4) is 5.69 Å². The number of carbonyl (C=O) groups excluding carboxylic acids is 1. The first-order valence-electron chi connectivity index (χ1n) is 9.05. The molecule has 2 heterocycles. The highest BCUT2D eigenvalue weighted by Crippen LogP contribution is 2.42. The molecule has 1 N–H and O–H groups in total. The van der Waals surface area contributed by atoms with Crippen LogP contribution in [0.15, 0.2) is 24.4 Å². The van der Waals surface area contributed by atoms with Crippen LogP contribution < -0.4 is 5.48 Å². The molecule has 6 nitrogen and oxygen atoms in total. The van der Waals surface area contributed by atoms with Gasteiger partial charge in [0.2, 0.25) is 0 Å². The largest absolute Gasteiger partial charge is 0.350 e. The minimum absolute atomic E-state index is 0.287. The first-order chi connectivity index (χ1) is 12.6. The van der Waals surface area contributed by atoms with E-state index in [2.05, 4.69) is 10.6 Å². The summed E-state index contributed by atoms with van der Waals surface area (Å²) in [5.41, 5.74) is 5.86. The number of benzene rings is 1. The zero-order valence-corrected chi connectivity index (χ0v) is 15.5. The monoisotopic (exact) mass is 375 g/mol. The minimum Gasteiger partial charge on any atom is -0.350 e. The number of halogens is 1. The van der Waals surface area contributed by atoms with Crippen molar-refractivity contribution >= 4 is 17.5 Å². The van der Waals surface area contributed by atoms with Crippen LogP contribution in [0, 0.1) is 6.92 Å². The van der Waals surface area contributed by atoms with Crippen LogP contribution in [0.25, 0.3) is 5.69 Å². The van der Waals surface area contributed by atoms with E-state index in [1.54, 1.807) is 6.20 Å². The van der Waals surface area contributed by atoms with E-state index in [-0.39, 0.29) is 12.2 Å². The van der Waals surface area contributed by atoms with Crippen molar-refractivity contribution in [1.29, 1.82) is 0 Å². The number of nitrogens with zero attached hydrogens (tertiary/aromatic N) is 2. The van der Waals surface area contributed by atoms with Gasteiger partial charge < -0.3 is 4.74 Å². The highest BCUT2D eigenvalue weighted by atomic mass is 35.5. The van der Waals surface area contributed by atoms with Crippen molar-refractivity contribution < 1.29 is 14.4 Å². The normalized spacial score (nSPS) is 20.2. The van der Waals surface area contributed by atoms with Crippen molar-refractivity contribution in [1.82, 2.24) is 15.3 Å². The van der Waals surface area contributed by atoms with E-state index < -0.39 is 0 Å². The van der Waals surface area contributed by atoms with Crippen LogP contribution in [-0.4, -0.2) is 28.6 Å².